The molecule has 33 heavy (non-hydrogen) atoms. The van der Waals surface area contributed by atoms with Crippen molar-refractivity contribution in [1.29, 1.82) is 0 Å². The van der Waals surface area contributed by atoms with Crippen LogP contribution in [0.1, 0.15) is 19.3 Å². The van der Waals surface area contributed by atoms with E-state index in [0.29, 0.717) is 17.4 Å². The number of nitrogens with two attached hydrogens (primary N) is 1. The second-order valence-corrected chi connectivity index (χ2v) is 8.38. The molecular weight excluding hydrogens is 414 g/mol. The molecule has 2 aromatic carbocycles. The Labute approximate surface area is 193 Å². The zero-order valence-electron chi connectivity index (χ0n) is 18.9. The highest BCUT2D eigenvalue weighted by Crippen LogP contribution is 2.33. The summed E-state index contributed by atoms with van der Waals surface area (Å²) in [5.74, 6) is 2.60. The highest BCUT2D eigenvalue weighted by molar-refractivity contribution is 5.99. The number of nitrogens with zero attached hydrogens (tertiary/aromatic N) is 5. The van der Waals surface area contributed by atoms with Crippen molar-refractivity contribution in [3.63, 3.8) is 0 Å². The highest BCUT2D eigenvalue weighted by atomic mass is 16.5. The Bertz CT molecular complexity index is 1230. The fraction of sp³-hybridized carbons (Fsp3) is 0.320. The number of aromatic nitrogens is 4. The van der Waals surface area contributed by atoms with E-state index in [-0.39, 0.29) is 0 Å². The standard InChI is InChI=1S/C25H29N7O/c1-31-23(26)21-22(18-9-8-12-20(17-18)33-19-10-4-2-5-11-19)28-25(29-24(21)30-31)27-13-16-32-14-6-3-7-15-32/h2,4-5,8-12,17H,3,6-7,13-16,26H2,1H3,(H,27,29,30). The number of aryl methyl sites for hydroxylation is 1. The Morgan fingerprint density at radius 1 is 0.970 bits per heavy atom. The average molecular weight is 444 g/mol. The number of rotatable bonds is 7. The summed E-state index contributed by atoms with van der Waals surface area (Å²) in [4.78, 5) is 12.0. The number of hydrogen-bond acceptors (Lipinski definition) is 7. The van der Waals surface area contributed by atoms with Gasteiger partial charge in [-0.1, -0.05) is 36.8 Å². The maximum absolute atomic E-state index is 6.35. The molecule has 0 amide bonds. The molecule has 0 atom stereocenters. The molecule has 3 N–H and O–H groups in total. The lowest BCUT2D eigenvalue weighted by Gasteiger charge is -2.26. The molecule has 1 saturated heterocycles. The number of ether oxygens (including phenoxy) is 1. The summed E-state index contributed by atoms with van der Waals surface area (Å²) < 4.78 is 7.68. The van der Waals surface area contributed by atoms with Gasteiger partial charge in [-0.2, -0.15) is 10.1 Å². The van der Waals surface area contributed by atoms with Gasteiger partial charge in [-0.3, -0.25) is 4.68 Å². The molecule has 2 aromatic heterocycles. The van der Waals surface area contributed by atoms with Crippen LogP contribution in [0.4, 0.5) is 11.8 Å². The first-order valence-electron chi connectivity index (χ1n) is 11.5. The smallest absolute Gasteiger partial charge is 0.225 e. The molecule has 8 nitrogen and oxygen atoms in total. The number of para-hydroxylation sites is 1. The third kappa shape index (κ3) is 4.75. The van der Waals surface area contributed by atoms with Gasteiger partial charge in [-0.25, -0.2) is 4.98 Å². The Balaban J connectivity index is 1.44. The number of nitrogens with one attached hydrogen (secondary N) is 1. The second-order valence-electron chi connectivity index (χ2n) is 8.38. The first-order valence-corrected chi connectivity index (χ1v) is 11.5. The van der Waals surface area contributed by atoms with Crippen LogP contribution in [-0.2, 0) is 7.05 Å². The molecule has 5 rings (SSSR count). The minimum Gasteiger partial charge on any atom is -0.457 e. The van der Waals surface area contributed by atoms with E-state index in [1.807, 2.05) is 61.6 Å². The molecule has 8 heteroatoms. The van der Waals surface area contributed by atoms with Gasteiger partial charge in [0.25, 0.3) is 0 Å². The van der Waals surface area contributed by atoms with Gasteiger partial charge in [-0.15, -0.1) is 0 Å². The van der Waals surface area contributed by atoms with Crippen molar-refractivity contribution in [3.05, 3.63) is 54.6 Å². The van der Waals surface area contributed by atoms with Crippen LogP contribution in [-0.4, -0.2) is 50.8 Å². The Morgan fingerprint density at radius 3 is 2.58 bits per heavy atom. The molecule has 1 aliphatic heterocycles. The zero-order valence-corrected chi connectivity index (χ0v) is 18.9. The van der Waals surface area contributed by atoms with E-state index in [9.17, 15) is 0 Å². The van der Waals surface area contributed by atoms with Crippen LogP contribution in [0.5, 0.6) is 11.5 Å². The average Bonchev–Trinajstić information content (AvgIpc) is 3.13. The summed E-state index contributed by atoms with van der Waals surface area (Å²) in [7, 11) is 1.82. The summed E-state index contributed by atoms with van der Waals surface area (Å²) in [6.45, 7) is 4.08. The van der Waals surface area contributed by atoms with Crippen LogP contribution in [0.25, 0.3) is 22.3 Å². The Kier molecular flexibility index (Phi) is 6.08. The maximum Gasteiger partial charge on any atom is 0.225 e. The van der Waals surface area contributed by atoms with Crippen molar-refractivity contribution < 1.29 is 4.74 Å². The summed E-state index contributed by atoms with van der Waals surface area (Å²) in [5, 5.41) is 8.64. The van der Waals surface area contributed by atoms with Crippen LogP contribution in [0.15, 0.2) is 54.6 Å². The van der Waals surface area contributed by atoms with Crippen molar-refractivity contribution in [2.75, 3.05) is 37.2 Å². The third-order valence-corrected chi connectivity index (χ3v) is 5.99. The molecule has 1 aliphatic rings. The van der Waals surface area contributed by atoms with E-state index in [1.54, 1.807) is 4.68 Å². The second kappa shape index (κ2) is 9.46. The quantitative estimate of drug-likeness (QED) is 0.440. The molecular formula is C25H29N7O. The zero-order chi connectivity index (χ0) is 22.6. The molecule has 0 radical (unpaired) electrons. The lowest BCUT2D eigenvalue weighted by atomic mass is 10.1. The number of piperidine rings is 1. The maximum atomic E-state index is 6.35. The van der Waals surface area contributed by atoms with E-state index < -0.39 is 0 Å². The summed E-state index contributed by atoms with van der Waals surface area (Å²) in [6.07, 6.45) is 3.89. The highest BCUT2D eigenvalue weighted by Gasteiger charge is 2.18. The minimum atomic E-state index is 0.536. The van der Waals surface area contributed by atoms with Gasteiger partial charge in [0, 0.05) is 25.7 Å². The SMILES string of the molecule is Cn1nc2nc(NCCN3CCCCC3)nc(-c3cccc(Oc4ccccc4)c3)c2c1N. The molecule has 3 heterocycles. The lowest BCUT2D eigenvalue weighted by Crippen LogP contribution is -2.33. The molecule has 0 unspecified atom stereocenters. The van der Waals surface area contributed by atoms with Gasteiger partial charge >= 0.3 is 0 Å². The number of benzene rings is 2. The lowest BCUT2D eigenvalue weighted by molar-refractivity contribution is 0.237. The van der Waals surface area contributed by atoms with Crippen LogP contribution in [0.2, 0.25) is 0 Å². The van der Waals surface area contributed by atoms with E-state index in [0.717, 1.165) is 54.3 Å². The van der Waals surface area contributed by atoms with Crippen LogP contribution >= 0.6 is 0 Å². The number of anilines is 2. The van der Waals surface area contributed by atoms with Gasteiger partial charge in [0.05, 0.1) is 11.1 Å². The van der Waals surface area contributed by atoms with Crippen molar-refractivity contribution in [3.8, 4) is 22.8 Å². The number of nitrogen functional groups attached to an aromatic ring is 1. The predicted octanol–water partition coefficient (Wildman–Crippen LogP) is 4.30. The van der Waals surface area contributed by atoms with Gasteiger partial charge in [-0.05, 0) is 50.2 Å². The summed E-state index contributed by atoms with van der Waals surface area (Å²) in [6, 6.07) is 17.6. The van der Waals surface area contributed by atoms with Crippen LogP contribution in [0.3, 0.4) is 0 Å². The number of likely N-dealkylation sites (tertiary alicyclic amines) is 1. The molecule has 170 valence electrons. The van der Waals surface area contributed by atoms with E-state index in [1.165, 1.54) is 19.3 Å². The van der Waals surface area contributed by atoms with E-state index >= 15 is 0 Å². The van der Waals surface area contributed by atoms with Crippen LogP contribution < -0.4 is 15.8 Å². The van der Waals surface area contributed by atoms with Gasteiger partial charge in [0.15, 0.2) is 5.65 Å². The van der Waals surface area contributed by atoms with Gasteiger partial charge in [0.2, 0.25) is 5.95 Å². The predicted molar refractivity (Wildman–Crippen MR) is 131 cm³/mol. The monoisotopic (exact) mass is 443 g/mol. The molecule has 0 spiro atoms. The van der Waals surface area contributed by atoms with E-state index in [4.69, 9.17) is 15.5 Å². The molecule has 0 bridgehead atoms. The minimum absolute atomic E-state index is 0.536. The van der Waals surface area contributed by atoms with Crippen molar-refractivity contribution in [1.82, 2.24) is 24.6 Å². The topological polar surface area (TPSA) is 94.1 Å². The van der Waals surface area contributed by atoms with Gasteiger partial charge in [0.1, 0.15) is 17.3 Å². The fourth-order valence-corrected chi connectivity index (χ4v) is 4.24. The molecule has 4 aromatic rings. The Morgan fingerprint density at radius 2 is 1.76 bits per heavy atom. The normalized spacial score (nSPS) is 14.5. The molecule has 0 saturated carbocycles. The van der Waals surface area contributed by atoms with E-state index in [2.05, 4.69) is 20.3 Å². The van der Waals surface area contributed by atoms with Crippen molar-refractivity contribution in [2.24, 2.45) is 7.05 Å². The van der Waals surface area contributed by atoms with Crippen molar-refractivity contribution >= 4 is 22.8 Å². The third-order valence-electron chi connectivity index (χ3n) is 5.99. The first kappa shape index (κ1) is 21.2. The summed E-state index contributed by atoms with van der Waals surface area (Å²) in [5.41, 5.74) is 8.56. The van der Waals surface area contributed by atoms with Gasteiger partial charge < -0.3 is 20.7 Å². The number of hydrogen-bond donors (Lipinski definition) is 2. The first-order chi connectivity index (χ1) is 16.2. The molecule has 1 fully saturated rings. The van der Waals surface area contributed by atoms with Crippen LogP contribution in [0, 0.1) is 0 Å². The molecule has 0 aliphatic carbocycles. The number of fused-ring (bicyclic) bond motifs is 1. The van der Waals surface area contributed by atoms with Crippen molar-refractivity contribution in [2.45, 2.75) is 19.3 Å². The fourth-order valence-electron chi connectivity index (χ4n) is 4.24. The Hall–Kier alpha value is -3.65. The summed E-state index contributed by atoms with van der Waals surface area (Å²) >= 11 is 0. The largest absolute Gasteiger partial charge is 0.457 e.